The van der Waals surface area contributed by atoms with E-state index in [4.69, 9.17) is 4.74 Å². The van der Waals surface area contributed by atoms with Gasteiger partial charge in [-0.3, -0.25) is 4.79 Å². The molecule has 0 amide bonds. The first-order valence-corrected chi connectivity index (χ1v) is 9.10. The van der Waals surface area contributed by atoms with E-state index < -0.39 is 6.43 Å². The quantitative estimate of drug-likeness (QED) is 0.339. The zero-order valence-corrected chi connectivity index (χ0v) is 14.4. The van der Waals surface area contributed by atoms with Crippen molar-refractivity contribution in [1.82, 2.24) is 0 Å². The molecular weight excluding hydrogens is 294 g/mol. The molecule has 0 saturated heterocycles. The topological polar surface area (TPSA) is 26.3 Å². The Morgan fingerprint density at radius 3 is 2.33 bits per heavy atom. The van der Waals surface area contributed by atoms with Crippen LogP contribution in [0.2, 0.25) is 0 Å². The lowest BCUT2D eigenvalue weighted by molar-refractivity contribution is -0.143. The van der Waals surface area contributed by atoms with Crippen molar-refractivity contribution >= 4 is 17.7 Å². The van der Waals surface area contributed by atoms with Crippen LogP contribution in [-0.4, -0.2) is 30.0 Å². The van der Waals surface area contributed by atoms with Gasteiger partial charge in [-0.05, 0) is 30.9 Å². The molecule has 0 aliphatic rings. The Morgan fingerprint density at radius 1 is 1.10 bits per heavy atom. The number of rotatable bonds is 13. The van der Waals surface area contributed by atoms with Crippen LogP contribution in [0.4, 0.5) is 8.78 Å². The maximum atomic E-state index is 12.0. The van der Waals surface area contributed by atoms with E-state index in [9.17, 15) is 13.6 Å². The van der Waals surface area contributed by atoms with E-state index in [0.29, 0.717) is 13.0 Å². The average molecular weight is 324 g/mol. The molecule has 1 unspecified atom stereocenters. The molecule has 0 spiro atoms. The second kappa shape index (κ2) is 13.4. The number of carbonyl (C=O) groups is 1. The van der Waals surface area contributed by atoms with E-state index in [1.54, 1.807) is 11.8 Å². The lowest BCUT2D eigenvalue weighted by Crippen LogP contribution is -2.26. The highest BCUT2D eigenvalue weighted by Gasteiger charge is 2.23. The number of thioether (sulfide) groups is 1. The maximum absolute atomic E-state index is 12.0. The standard InChI is InChI=1S/C16H30F2O2S/c1-4-5-11-20-16(19)15(13(2)3)21-12-9-7-6-8-10-14(17)18/h13-15H,4-12H2,1-3H3. The molecule has 5 heteroatoms. The Balaban J connectivity index is 3.76. The van der Waals surface area contributed by atoms with Crippen molar-refractivity contribution in [2.75, 3.05) is 12.4 Å². The fraction of sp³-hybridized carbons (Fsp3) is 0.938. The van der Waals surface area contributed by atoms with E-state index in [1.165, 1.54) is 0 Å². The van der Waals surface area contributed by atoms with Gasteiger partial charge in [0, 0.05) is 6.42 Å². The molecule has 0 aliphatic heterocycles. The third kappa shape index (κ3) is 12.0. The first-order chi connectivity index (χ1) is 9.99. The predicted molar refractivity (Wildman–Crippen MR) is 86.0 cm³/mol. The van der Waals surface area contributed by atoms with Gasteiger partial charge in [-0.15, -0.1) is 11.8 Å². The van der Waals surface area contributed by atoms with Crippen molar-refractivity contribution in [3.05, 3.63) is 0 Å². The summed E-state index contributed by atoms with van der Waals surface area (Å²) in [7, 11) is 0. The molecule has 0 aromatic carbocycles. The van der Waals surface area contributed by atoms with E-state index in [1.807, 2.05) is 13.8 Å². The first-order valence-electron chi connectivity index (χ1n) is 8.05. The van der Waals surface area contributed by atoms with Crippen LogP contribution in [0.5, 0.6) is 0 Å². The third-order valence-electron chi connectivity index (χ3n) is 3.19. The Labute approximate surface area is 132 Å². The number of hydrogen-bond donors (Lipinski definition) is 0. The van der Waals surface area contributed by atoms with Gasteiger partial charge in [0.25, 0.3) is 0 Å². The predicted octanol–water partition coefficient (Wildman–Crippen LogP) is 5.30. The lowest BCUT2D eigenvalue weighted by atomic mass is 10.1. The lowest BCUT2D eigenvalue weighted by Gasteiger charge is -2.19. The highest BCUT2D eigenvalue weighted by molar-refractivity contribution is 8.00. The van der Waals surface area contributed by atoms with Crippen molar-refractivity contribution < 1.29 is 18.3 Å². The fourth-order valence-electron chi connectivity index (χ4n) is 1.90. The zero-order chi connectivity index (χ0) is 16.1. The van der Waals surface area contributed by atoms with Crippen LogP contribution in [0.25, 0.3) is 0 Å². The molecule has 0 bridgehead atoms. The Hall–Kier alpha value is -0.320. The smallest absolute Gasteiger partial charge is 0.319 e. The van der Waals surface area contributed by atoms with Gasteiger partial charge in [-0.1, -0.05) is 40.0 Å². The summed E-state index contributed by atoms with van der Waals surface area (Å²) in [6, 6.07) is 0. The summed E-state index contributed by atoms with van der Waals surface area (Å²) in [4.78, 5) is 12.0. The summed E-state index contributed by atoms with van der Waals surface area (Å²) in [5, 5.41) is -0.108. The molecule has 0 fully saturated rings. The first kappa shape index (κ1) is 20.7. The molecule has 126 valence electrons. The van der Waals surface area contributed by atoms with Crippen molar-refractivity contribution in [3.63, 3.8) is 0 Å². The minimum absolute atomic E-state index is 0.00547. The molecular formula is C16H30F2O2S. The number of unbranched alkanes of at least 4 members (excludes halogenated alkanes) is 4. The van der Waals surface area contributed by atoms with Gasteiger partial charge in [0.2, 0.25) is 6.43 Å². The zero-order valence-electron chi connectivity index (χ0n) is 13.6. The molecule has 0 aliphatic carbocycles. The summed E-state index contributed by atoms with van der Waals surface area (Å²) in [5.41, 5.74) is 0. The fourth-order valence-corrected chi connectivity index (χ4v) is 3.11. The molecule has 0 radical (unpaired) electrons. The Kier molecular flexibility index (Phi) is 13.1. The van der Waals surface area contributed by atoms with Crippen LogP contribution >= 0.6 is 11.8 Å². The molecule has 0 aromatic heterocycles. The van der Waals surface area contributed by atoms with E-state index in [0.717, 1.165) is 37.9 Å². The third-order valence-corrected chi connectivity index (χ3v) is 4.81. The highest BCUT2D eigenvalue weighted by Crippen LogP contribution is 2.23. The Bertz CT molecular complexity index is 261. The van der Waals surface area contributed by atoms with Crippen LogP contribution < -0.4 is 0 Å². The number of esters is 1. The SMILES string of the molecule is CCCCOC(=O)C(SCCCCCCC(F)F)C(C)C. The van der Waals surface area contributed by atoms with Gasteiger partial charge in [0.05, 0.1) is 6.61 Å². The normalized spacial score (nSPS) is 12.9. The molecule has 0 saturated carbocycles. The van der Waals surface area contributed by atoms with E-state index in [-0.39, 0.29) is 23.6 Å². The van der Waals surface area contributed by atoms with Crippen molar-refractivity contribution in [3.8, 4) is 0 Å². The van der Waals surface area contributed by atoms with E-state index in [2.05, 4.69) is 6.92 Å². The van der Waals surface area contributed by atoms with Gasteiger partial charge >= 0.3 is 5.97 Å². The van der Waals surface area contributed by atoms with Crippen LogP contribution in [0.15, 0.2) is 0 Å². The molecule has 2 nitrogen and oxygen atoms in total. The van der Waals surface area contributed by atoms with Gasteiger partial charge < -0.3 is 4.74 Å². The molecule has 0 heterocycles. The molecule has 21 heavy (non-hydrogen) atoms. The van der Waals surface area contributed by atoms with Crippen LogP contribution in [-0.2, 0) is 9.53 Å². The van der Waals surface area contributed by atoms with Gasteiger partial charge in [0.1, 0.15) is 5.25 Å². The Morgan fingerprint density at radius 2 is 1.76 bits per heavy atom. The van der Waals surface area contributed by atoms with Crippen molar-refractivity contribution in [2.45, 2.75) is 77.4 Å². The summed E-state index contributed by atoms with van der Waals surface area (Å²) in [6.07, 6.45) is 3.12. The maximum Gasteiger partial charge on any atom is 0.319 e. The van der Waals surface area contributed by atoms with Crippen LogP contribution in [0.1, 0.15) is 65.7 Å². The van der Waals surface area contributed by atoms with E-state index >= 15 is 0 Å². The summed E-state index contributed by atoms with van der Waals surface area (Å²) < 4.78 is 29.2. The minimum Gasteiger partial charge on any atom is -0.465 e. The van der Waals surface area contributed by atoms with Crippen LogP contribution in [0, 0.1) is 5.92 Å². The number of ether oxygens (including phenoxy) is 1. The molecule has 0 rings (SSSR count). The second-order valence-corrected chi connectivity index (χ2v) is 6.90. The van der Waals surface area contributed by atoms with Gasteiger partial charge in [-0.2, -0.15) is 0 Å². The summed E-state index contributed by atoms with van der Waals surface area (Å²) in [6.45, 7) is 6.63. The number of carbonyl (C=O) groups excluding carboxylic acids is 1. The number of halogens is 2. The minimum atomic E-state index is -2.18. The summed E-state index contributed by atoms with van der Waals surface area (Å²) >= 11 is 1.64. The van der Waals surface area contributed by atoms with Crippen molar-refractivity contribution in [2.24, 2.45) is 5.92 Å². The molecule has 0 N–H and O–H groups in total. The largest absolute Gasteiger partial charge is 0.465 e. The second-order valence-electron chi connectivity index (χ2n) is 5.65. The van der Waals surface area contributed by atoms with Crippen molar-refractivity contribution in [1.29, 1.82) is 0 Å². The van der Waals surface area contributed by atoms with Crippen LogP contribution in [0.3, 0.4) is 0 Å². The summed E-state index contributed by atoms with van der Waals surface area (Å²) in [5.74, 6) is 1.03. The molecule has 0 aromatic rings. The van der Waals surface area contributed by atoms with Gasteiger partial charge in [0.15, 0.2) is 0 Å². The number of hydrogen-bond acceptors (Lipinski definition) is 3. The number of alkyl halides is 2. The average Bonchev–Trinajstić information content (AvgIpc) is 2.41. The monoisotopic (exact) mass is 324 g/mol. The highest BCUT2D eigenvalue weighted by atomic mass is 32.2. The van der Waals surface area contributed by atoms with Gasteiger partial charge in [-0.25, -0.2) is 8.78 Å². The molecule has 1 atom stereocenters.